The van der Waals surface area contributed by atoms with E-state index in [1.54, 1.807) is 12.1 Å². The van der Waals surface area contributed by atoms with Gasteiger partial charge in [0, 0.05) is 5.56 Å². The van der Waals surface area contributed by atoms with Crippen LogP contribution in [0.25, 0.3) is 0 Å². The zero-order valence-corrected chi connectivity index (χ0v) is 9.00. The van der Waals surface area contributed by atoms with Crippen molar-refractivity contribution in [3.63, 3.8) is 0 Å². The van der Waals surface area contributed by atoms with Crippen LogP contribution in [0.1, 0.15) is 30.6 Å². The first-order chi connectivity index (χ1) is 7.24. The number of halogens is 1. The Labute approximate surface area is 89.1 Å². The van der Waals surface area contributed by atoms with E-state index in [4.69, 9.17) is 4.74 Å². The molecule has 0 aliphatic rings. The number of para-hydroxylation sites is 1. The molecule has 3 heteroatoms. The van der Waals surface area contributed by atoms with Gasteiger partial charge in [0.1, 0.15) is 5.75 Å². The maximum absolute atomic E-state index is 13.3. The largest absolute Gasteiger partial charge is 0.496 e. The minimum Gasteiger partial charge on any atom is -0.496 e. The van der Waals surface area contributed by atoms with E-state index in [0.717, 1.165) is 18.4 Å². The quantitative estimate of drug-likeness (QED) is 0.698. The van der Waals surface area contributed by atoms with Crippen molar-refractivity contribution >= 4 is 6.29 Å². The fourth-order valence-corrected chi connectivity index (χ4v) is 1.61. The van der Waals surface area contributed by atoms with E-state index >= 15 is 0 Å². The van der Waals surface area contributed by atoms with Gasteiger partial charge in [-0.25, -0.2) is 4.39 Å². The summed E-state index contributed by atoms with van der Waals surface area (Å²) in [5.74, 6) is 0.499. The van der Waals surface area contributed by atoms with Gasteiger partial charge in [0.2, 0.25) is 0 Å². The van der Waals surface area contributed by atoms with Crippen LogP contribution < -0.4 is 4.74 Å². The zero-order chi connectivity index (χ0) is 11.3. The molecule has 0 radical (unpaired) electrons. The van der Waals surface area contributed by atoms with Gasteiger partial charge in [-0.15, -0.1) is 0 Å². The molecule has 15 heavy (non-hydrogen) atoms. The Morgan fingerprint density at radius 3 is 2.80 bits per heavy atom. The third kappa shape index (κ3) is 2.55. The highest BCUT2D eigenvalue weighted by Crippen LogP contribution is 2.30. The van der Waals surface area contributed by atoms with E-state index in [1.807, 2.05) is 13.0 Å². The molecule has 0 N–H and O–H groups in total. The molecule has 1 unspecified atom stereocenters. The highest BCUT2D eigenvalue weighted by Gasteiger charge is 2.16. The number of carbonyl (C=O) groups is 1. The van der Waals surface area contributed by atoms with Crippen molar-refractivity contribution in [3.05, 3.63) is 29.3 Å². The molecule has 1 atom stereocenters. The summed E-state index contributed by atoms with van der Waals surface area (Å²) in [4.78, 5) is 10.4. The summed E-state index contributed by atoms with van der Waals surface area (Å²) in [5, 5.41) is 0. The first-order valence-corrected chi connectivity index (χ1v) is 4.99. The SMILES string of the molecule is CCCc1cccc(C(F)C=O)c1OC. The van der Waals surface area contributed by atoms with Crippen molar-refractivity contribution < 1.29 is 13.9 Å². The van der Waals surface area contributed by atoms with Crippen molar-refractivity contribution in [2.45, 2.75) is 25.9 Å². The molecule has 1 aromatic rings. The van der Waals surface area contributed by atoms with Crippen LogP contribution in [0.2, 0.25) is 0 Å². The van der Waals surface area contributed by atoms with Crippen LogP contribution in [0, 0.1) is 0 Å². The van der Waals surface area contributed by atoms with Crippen molar-refractivity contribution in [3.8, 4) is 5.75 Å². The summed E-state index contributed by atoms with van der Waals surface area (Å²) in [6.45, 7) is 2.04. The normalized spacial score (nSPS) is 12.2. The van der Waals surface area contributed by atoms with E-state index in [1.165, 1.54) is 7.11 Å². The highest BCUT2D eigenvalue weighted by atomic mass is 19.1. The van der Waals surface area contributed by atoms with E-state index in [-0.39, 0.29) is 6.29 Å². The van der Waals surface area contributed by atoms with Gasteiger partial charge in [0.25, 0.3) is 0 Å². The third-order valence-electron chi connectivity index (χ3n) is 2.27. The second kappa shape index (κ2) is 5.49. The van der Waals surface area contributed by atoms with Crippen LogP contribution in [0.3, 0.4) is 0 Å². The summed E-state index contributed by atoms with van der Waals surface area (Å²) >= 11 is 0. The predicted octanol–water partition coefficient (Wildman–Crippen LogP) is 2.86. The average molecular weight is 210 g/mol. The third-order valence-corrected chi connectivity index (χ3v) is 2.27. The number of methoxy groups -OCH3 is 1. The van der Waals surface area contributed by atoms with Gasteiger partial charge < -0.3 is 4.74 Å². The summed E-state index contributed by atoms with van der Waals surface area (Å²) < 4.78 is 18.4. The number of carbonyl (C=O) groups excluding carboxylic acids is 1. The lowest BCUT2D eigenvalue weighted by Gasteiger charge is -2.13. The minimum atomic E-state index is -1.60. The molecule has 0 bridgehead atoms. The Morgan fingerprint density at radius 1 is 1.53 bits per heavy atom. The second-order valence-corrected chi connectivity index (χ2v) is 3.33. The Kier molecular flexibility index (Phi) is 4.28. The Bertz CT molecular complexity index is 336. The lowest BCUT2D eigenvalue weighted by atomic mass is 10.0. The number of aldehydes is 1. The molecule has 0 saturated carbocycles. The number of rotatable bonds is 5. The zero-order valence-electron chi connectivity index (χ0n) is 9.00. The van der Waals surface area contributed by atoms with Crippen LogP contribution in [-0.4, -0.2) is 13.4 Å². The maximum atomic E-state index is 13.3. The molecule has 2 nitrogen and oxygen atoms in total. The minimum absolute atomic E-state index is 0.285. The smallest absolute Gasteiger partial charge is 0.184 e. The van der Waals surface area contributed by atoms with Crippen molar-refractivity contribution in [2.24, 2.45) is 0 Å². The van der Waals surface area contributed by atoms with Crippen molar-refractivity contribution in [1.29, 1.82) is 0 Å². The Balaban J connectivity index is 3.15. The van der Waals surface area contributed by atoms with Crippen LogP contribution in [0.4, 0.5) is 4.39 Å². The summed E-state index contributed by atoms with van der Waals surface area (Å²) in [5.41, 5.74) is 1.26. The van der Waals surface area contributed by atoms with Gasteiger partial charge in [-0.3, -0.25) is 4.79 Å². The van der Waals surface area contributed by atoms with Gasteiger partial charge in [-0.1, -0.05) is 31.5 Å². The van der Waals surface area contributed by atoms with Gasteiger partial charge in [-0.05, 0) is 12.0 Å². The van der Waals surface area contributed by atoms with Crippen LogP contribution in [-0.2, 0) is 11.2 Å². The molecular weight excluding hydrogens is 195 g/mol. The molecule has 1 rings (SSSR count). The number of benzene rings is 1. The monoisotopic (exact) mass is 210 g/mol. The topological polar surface area (TPSA) is 26.3 Å². The van der Waals surface area contributed by atoms with Gasteiger partial charge in [0.05, 0.1) is 7.11 Å². The second-order valence-electron chi connectivity index (χ2n) is 3.33. The fourth-order valence-electron chi connectivity index (χ4n) is 1.61. The van der Waals surface area contributed by atoms with E-state index in [2.05, 4.69) is 0 Å². The molecule has 82 valence electrons. The van der Waals surface area contributed by atoms with Crippen molar-refractivity contribution in [1.82, 2.24) is 0 Å². The van der Waals surface area contributed by atoms with E-state index in [0.29, 0.717) is 11.3 Å². The summed E-state index contributed by atoms with van der Waals surface area (Å²) in [6, 6.07) is 5.22. The molecule has 0 fully saturated rings. The number of hydrogen-bond acceptors (Lipinski definition) is 2. The average Bonchev–Trinajstić information content (AvgIpc) is 2.28. The molecule has 0 aliphatic carbocycles. The first kappa shape index (κ1) is 11.7. The molecule has 0 aromatic heterocycles. The van der Waals surface area contributed by atoms with Gasteiger partial charge in [0.15, 0.2) is 12.5 Å². The standard InChI is InChI=1S/C12H15FO2/c1-3-5-9-6-4-7-10(11(13)8-14)12(9)15-2/h4,6-8,11H,3,5H2,1-2H3. The van der Waals surface area contributed by atoms with Gasteiger partial charge >= 0.3 is 0 Å². The number of alkyl halides is 1. The first-order valence-electron chi connectivity index (χ1n) is 4.99. The number of ether oxygens (including phenoxy) is 1. The molecule has 0 amide bonds. The van der Waals surface area contributed by atoms with Crippen LogP contribution in [0.15, 0.2) is 18.2 Å². The maximum Gasteiger partial charge on any atom is 0.184 e. The number of hydrogen-bond donors (Lipinski definition) is 0. The van der Waals surface area contributed by atoms with Crippen LogP contribution in [0.5, 0.6) is 5.75 Å². The highest BCUT2D eigenvalue weighted by molar-refractivity contribution is 5.63. The van der Waals surface area contributed by atoms with Crippen molar-refractivity contribution in [2.75, 3.05) is 7.11 Å². The fraction of sp³-hybridized carbons (Fsp3) is 0.417. The predicted molar refractivity (Wildman–Crippen MR) is 56.9 cm³/mol. The number of aryl methyl sites for hydroxylation is 1. The Morgan fingerprint density at radius 2 is 2.27 bits per heavy atom. The molecular formula is C12H15FO2. The molecule has 1 aromatic carbocycles. The molecule has 0 heterocycles. The molecule has 0 spiro atoms. The lowest BCUT2D eigenvalue weighted by molar-refractivity contribution is -0.112. The van der Waals surface area contributed by atoms with E-state index < -0.39 is 6.17 Å². The molecule has 0 aliphatic heterocycles. The molecule has 0 saturated heterocycles. The lowest BCUT2D eigenvalue weighted by Crippen LogP contribution is -2.00. The van der Waals surface area contributed by atoms with Gasteiger partial charge in [-0.2, -0.15) is 0 Å². The summed E-state index contributed by atoms with van der Waals surface area (Å²) in [7, 11) is 1.50. The summed E-state index contributed by atoms with van der Waals surface area (Å²) in [6.07, 6.45) is 0.463. The van der Waals surface area contributed by atoms with E-state index in [9.17, 15) is 9.18 Å². The Hall–Kier alpha value is -1.38. The van der Waals surface area contributed by atoms with Crippen LogP contribution >= 0.6 is 0 Å².